The van der Waals surface area contributed by atoms with Crippen molar-refractivity contribution in [1.82, 2.24) is 15.2 Å². The highest BCUT2D eigenvalue weighted by molar-refractivity contribution is 7.11. The largest absolute Gasteiger partial charge is 0.481 e. The van der Waals surface area contributed by atoms with Crippen molar-refractivity contribution < 1.29 is 34.8 Å². The molecule has 0 spiro atoms. The van der Waals surface area contributed by atoms with Gasteiger partial charge in [0.2, 0.25) is 0 Å². The maximum atomic E-state index is 10.3. The summed E-state index contributed by atoms with van der Waals surface area (Å²) in [4.78, 5) is 40.3. The fourth-order valence-corrected chi connectivity index (χ4v) is 5.97. The van der Waals surface area contributed by atoms with Gasteiger partial charge in [0.1, 0.15) is 0 Å². The Morgan fingerprint density at radius 2 is 1.61 bits per heavy atom. The minimum absolute atomic E-state index is 0.158. The van der Waals surface area contributed by atoms with E-state index in [0.717, 1.165) is 13.1 Å². The molecule has 3 heterocycles. The van der Waals surface area contributed by atoms with Crippen molar-refractivity contribution in [1.29, 1.82) is 0 Å². The number of hydrogen-bond donors (Lipinski definition) is 5. The molecule has 210 valence electrons. The van der Waals surface area contributed by atoms with Crippen LogP contribution in [0.15, 0.2) is 36.7 Å². The smallest absolute Gasteiger partial charge is 0.336 e. The Labute approximate surface area is 227 Å². The number of aliphatic carboxylic acids is 3. The van der Waals surface area contributed by atoms with Gasteiger partial charge in [-0.15, -0.1) is 11.3 Å². The Kier molecular flexibility index (Phi) is 10.6. The molecule has 1 aliphatic heterocycles. The first-order valence-electron chi connectivity index (χ1n) is 12.4. The van der Waals surface area contributed by atoms with Gasteiger partial charge in [-0.2, -0.15) is 0 Å². The fourth-order valence-electron chi connectivity index (χ4n) is 5.05. The Morgan fingerprint density at radius 3 is 2.03 bits per heavy atom. The van der Waals surface area contributed by atoms with Gasteiger partial charge in [-0.05, 0) is 71.2 Å². The number of carbonyl (C=O) groups is 3. The van der Waals surface area contributed by atoms with Crippen LogP contribution in [0.5, 0.6) is 0 Å². The monoisotopic (exact) mass is 549 g/mol. The summed E-state index contributed by atoms with van der Waals surface area (Å²) in [6.45, 7) is 13.5. The molecule has 0 bridgehead atoms. The number of aryl methyl sites for hydroxylation is 1. The summed E-state index contributed by atoms with van der Waals surface area (Å²) in [6.07, 6.45) is 3.91. The van der Waals surface area contributed by atoms with E-state index >= 15 is 0 Å². The molecule has 1 saturated heterocycles. The van der Waals surface area contributed by atoms with Crippen molar-refractivity contribution >= 4 is 29.2 Å². The van der Waals surface area contributed by atoms with Gasteiger partial charge in [0.05, 0.1) is 12.8 Å². The predicted octanol–water partition coefficient (Wildman–Crippen LogP) is 3.51. The van der Waals surface area contributed by atoms with Crippen LogP contribution >= 0.6 is 11.3 Å². The van der Waals surface area contributed by atoms with Crippen molar-refractivity contribution in [3.05, 3.63) is 52.0 Å². The van der Waals surface area contributed by atoms with E-state index in [-0.39, 0.29) is 11.1 Å². The first-order chi connectivity index (χ1) is 17.5. The van der Waals surface area contributed by atoms with Crippen LogP contribution in [0, 0.1) is 6.92 Å². The van der Waals surface area contributed by atoms with E-state index in [4.69, 9.17) is 20.4 Å². The number of thiophene rings is 1. The van der Waals surface area contributed by atoms with E-state index in [0.29, 0.717) is 6.04 Å². The molecule has 1 aliphatic rings. The van der Waals surface area contributed by atoms with Gasteiger partial charge in [0.25, 0.3) is 0 Å². The van der Waals surface area contributed by atoms with Crippen LogP contribution in [0.25, 0.3) is 0 Å². The van der Waals surface area contributed by atoms with Gasteiger partial charge in [-0.3, -0.25) is 19.5 Å². The van der Waals surface area contributed by atoms with Crippen molar-refractivity contribution in [3.8, 4) is 0 Å². The third kappa shape index (κ3) is 10.1. The number of hydrogen-bond acceptors (Lipinski definition) is 8. The van der Waals surface area contributed by atoms with Gasteiger partial charge >= 0.3 is 17.9 Å². The third-order valence-corrected chi connectivity index (χ3v) is 7.22. The third-order valence-electron chi connectivity index (χ3n) is 6.23. The van der Waals surface area contributed by atoms with Crippen LogP contribution in [0.4, 0.5) is 0 Å². The summed E-state index contributed by atoms with van der Waals surface area (Å²) in [5.41, 5.74) is -1.13. The Bertz CT molecular complexity index is 1070. The van der Waals surface area contributed by atoms with Gasteiger partial charge in [-0.25, -0.2) is 4.79 Å². The summed E-state index contributed by atoms with van der Waals surface area (Å²) in [5.74, 6) is -5.02. The van der Waals surface area contributed by atoms with Crippen molar-refractivity contribution in [3.63, 3.8) is 0 Å². The molecule has 0 aromatic carbocycles. The molecule has 0 radical (unpaired) electrons. The molecule has 0 unspecified atom stereocenters. The standard InChI is InChI=1S/C21H31N3S.C6H8O7/c1-16-8-9-19(25-16)15-24(14-17-7-6-10-22-13-17)18-11-20(2,3)23-21(4,5)12-18;7-3(8)1-6(13,5(11)12)2-4(9)10/h6-10,13,18,23H,11-12,14-15H2,1-5H3;13H,1-2H2,(H,7,8)(H,9,10)(H,11,12). The molecule has 1 fully saturated rings. The van der Waals surface area contributed by atoms with Gasteiger partial charge in [0, 0.05) is 52.4 Å². The lowest BCUT2D eigenvalue weighted by Crippen LogP contribution is -2.62. The van der Waals surface area contributed by atoms with Gasteiger partial charge in [0.15, 0.2) is 5.60 Å². The highest BCUT2D eigenvalue weighted by Gasteiger charge is 2.41. The van der Waals surface area contributed by atoms with Crippen LogP contribution < -0.4 is 5.32 Å². The molecular formula is C27H39N3O7S. The zero-order valence-electron chi connectivity index (χ0n) is 22.6. The summed E-state index contributed by atoms with van der Waals surface area (Å²) >= 11 is 1.92. The first-order valence-corrected chi connectivity index (χ1v) is 13.2. The molecule has 38 heavy (non-hydrogen) atoms. The normalized spacial score (nSPS) is 16.9. The number of nitrogens with one attached hydrogen (secondary N) is 1. The van der Waals surface area contributed by atoms with Gasteiger partial charge < -0.3 is 25.7 Å². The van der Waals surface area contributed by atoms with Crippen LogP contribution in [0.2, 0.25) is 0 Å². The van der Waals surface area contributed by atoms with Crippen LogP contribution in [0.3, 0.4) is 0 Å². The molecule has 3 rings (SSSR count). The van der Waals surface area contributed by atoms with E-state index < -0.39 is 36.4 Å². The van der Waals surface area contributed by atoms with E-state index in [1.54, 1.807) is 0 Å². The number of aliphatic hydroxyl groups is 1. The average molecular weight is 550 g/mol. The molecule has 2 aromatic rings. The molecule has 11 heteroatoms. The minimum Gasteiger partial charge on any atom is -0.481 e. The molecule has 10 nitrogen and oxygen atoms in total. The average Bonchev–Trinajstić information content (AvgIpc) is 3.15. The number of carboxylic acids is 3. The molecular weight excluding hydrogens is 510 g/mol. The number of rotatable bonds is 10. The Morgan fingerprint density at radius 1 is 1.03 bits per heavy atom. The Hall–Kier alpha value is -2.86. The summed E-state index contributed by atoms with van der Waals surface area (Å²) in [7, 11) is 0. The van der Waals surface area contributed by atoms with Crippen molar-refractivity contribution in [2.75, 3.05) is 0 Å². The lowest BCUT2D eigenvalue weighted by Gasteiger charge is -2.49. The SMILES string of the molecule is Cc1ccc(CN(Cc2cccnc2)C2CC(C)(C)NC(C)(C)C2)s1.O=C(O)CC(O)(CC(=O)O)C(=O)O. The second kappa shape index (κ2) is 12.8. The summed E-state index contributed by atoms with van der Waals surface area (Å²) in [6, 6.07) is 9.32. The highest BCUT2D eigenvalue weighted by Crippen LogP contribution is 2.33. The van der Waals surface area contributed by atoms with E-state index in [9.17, 15) is 14.4 Å². The number of nitrogens with zero attached hydrogens (tertiary/aromatic N) is 2. The highest BCUT2D eigenvalue weighted by atomic mass is 32.1. The maximum Gasteiger partial charge on any atom is 0.336 e. The summed E-state index contributed by atoms with van der Waals surface area (Å²) in [5, 5.41) is 37.6. The predicted molar refractivity (Wildman–Crippen MR) is 144 cm³/mol. The van der Waals surface area contributed by atoms with Crippen molar-refractivity contribution in [2.45, 2.75) is 96.1 Å². The second-order valence-corrected chi connectivity index (χ2v) is 12.6. The molecule has 5 N–H and O–H groups in total. The molecule has 2 aromatic heterocycles. The maximum absolute atomic E-state index is 10.3. The number of carboxylic acid groups (broad SMARTS) is 3. The topological polar surface area (TPSA) is 160 Å². The molecule has 0 saturated carbocycles. The summed E-state index contributed by atoms with van der Waals surface area (Å²) < 4.78 is 0. The van der Waals surface area contributed by atoms with E-state index in [1.807, 2.05) is 29.8 Å². The zero-order chi connectivity index (χ0) is 28.7. The Balaban J connectivity index is 0.000000332. The lowest BCUT2D eigenvalue weighted by molar-refractivity contribution is -0.170. The lowest BCUT2D eigenvalue weighted by atomic mass is 9.79. The molecule has 0 aliphatic carbocycles. The van der Waals surface area contributed by atoms with Crippen LogP contribution in [-0.2, 0) is 27.5 Å². The number of piperidine rings is 1. The van der Waals surface area contributed by atoms with Crippen molar-refractivity contribution in [2.24, 2.45) is 0 Å². The second-order valence-electron chi connectivity index (χ2n) is 11.2. The minimum atomic E-state index is -2.74. The molecule has 0 atom stereocenters. The molecule has 0 amide bonds. The van der Waals surface area contributed by atoms with E-state index in [2.05, 4.69) is 68.0 Å². The first kappa shape index (κ1) is 31.4. The van der Waals surface area contributed by atoms with E-state index in [1.165, 1.54) is 28.2 Å². The fraction of sp³-hybridized carbons (Fsp3) is 0.556. The van der Waals surface area contributed by atoms with Crippen LogP contribution in [-0.4, -0.2) is 70.9 Å². The number of pyridine rings is 1. The van der Waals surface area contributed by atoms with Gasteiger partial charge in [-0.1, -0.05) is 6.07 Å². The quantitative estimate of drug-likeness (QED) is 0.297. The van der Waals surface area contributed by atoms with Crippen LogP contribution in [0.1, 0.15) is 68.7 Å². The number of aromatic nitrogens is 1. The zero-order valence-corrected chi connectivity index (χ0v) is 23.4.